The topological polar surface area (TPSA) is 51.8 Å². The summed E-state index contributed by atoms with van der Waals surface area (Å²) in [5.41, 5.74) is 10.1. The molecule has 0 fully saturated rings. The average Bonchev–Trinajstić information content (AvgIpc) is 3.80. The van der Waals surface area contributed by atoms with Crippen LogP contribution in [-0.4, -0.2) is 15.0 Å². The summed E-state index contributed by atoms with van der Waals surface area (Å²) in [4.78, 5) is 15.8. The van der Waals surface area contributed by atoms with E-state index in [2.05, 4.69) is 155 Å². The maximum Gasteiger partial charge on any atom is 0.164 e. The lowest BCUT2D eigenvalue weighted by molar-refractivity contribution is 0.332. The quantitative estimate of drug-likeness (QED) is 0.180. The fourth-order valence-electron chi connectivity index (χ4n) is 9.00. The molecule has 0 amide bonds. The summed E-state index contributed by atoms with van der Waals surface area (Å²) in [6.45, 7) is 9.53. The summed E-state index contributed by atoms with van der Waals surface area (Å²) in [5, 5.41) is 6.74. The van der Waals surface area contributed by atoms with Gasteiger partial charge in [0.1, 0.15) is 11.2 Å². The Balaban J connectivity index is 1.10. The van der Waals surface area contributed by atoms with Crippen LogP contribution in [-0.2, 0) is 10.8 Å². The Kier molecular flexibility index (Phi) is 7.21. The zero-order valence-corrected chi connectivity index (χ0v) is 32.7. The Labute approximate surface area is 329 Å². The summed E-state index contributed by atoms with van der Waals surface area (Å²) in [5.74, 6) is 1.91. The highest BCUT2D eigenvalue weighted by atomic mass is 32.1. The standard InChI is InChI=1S/C51H39N3OS/c1-50(2)25-26-51(3,4)40-28-32(22-24-39(40)50)33-21-23-35-42(29-33)55-41-16-9-14-37(45(35)41)48-52-47(34-20-19-30-11-5-6-12-31(30)27-34)53-49(54-48)38-15-10-18-44-46(38)36-13-7-8-17-43(36)56-44/h5-24,27-29H,25-26H2,1-4H3. The second-order valence-electron chi connectivity index (χ2n) is 16.7. The lowest BCUT2D eigenvalue weighted by atomic mass is 9.63. The number of thiophene rings is 1. The smallest absolute Gasteiger partial charge is 0.164 e. The molecule has 0 N–H and O–H groups in total. The first-order valence-electron chi connectivity index (χ1n) is 19.5. The first-order chi connectivity index (χ1) is 27.2. The summed E-state index contributed by atoms with van der Waals surface area (Å²) in [6.07, 6.45) is 2.38. The van der Waals surface area contributed by atoms with E-state index in [1.165, 1.54) is 55.1 Å². The van der Waals surface area contributed by atoms with Crippen molar-refractivity contribution in [1.29, 1.82) is 0 Å². The highest BCUT2D eigenvalue weighted by Gasteiger charge is 2.37. The SMILES string of the molecule is CC1(C)CCC(C)(C)c2cc(-c3ccc4c(c3)oc3cccc(-c5nc(-c6ccc7ccccc7c6)nc(-c6cccc7sc8ccccc8c67)n5)c34)ccc21. The predicted molar refractivity (Wildman–Crippen MR) is 235 cm³/mol. The van der Waals surface area contributed by atoms with Gasteiger partial charge >= 0.3 is 0 Å². The van der Waals surface area contributed by atoms with E-state index < -0.39 is 0 Å². The van der Waals surface area contributed by atoms with Crippen LogP contribution in [0.5, 0.6) is 0 Å². The van der Waals surface area contributed by atoms with Crippen molar-refractivity contribution in [1.82, 2.24) is 15.0 Å². The maximum atomic E-state index is 6.67. The molecule has 1 aliphatic carbocycles. The number of rotatable bonds is 4. The van der Waals surface area contributed by atoms with Crippen LogP contribution in [0, 0.1) is 0 Å². The maximum absolute atomic E-state index is 6.67. The van der Waals surface area contributed by atoms with Crippen LogP contribution < -0.4 is 0 Å². The Morgan fingerprint density at radius 3 is 1.95 bits per heavy atom. The Hall–Kier alpha value is -6.17. The van der Waals surface area contributed by atoms with E-state index in [0.717, 1.165) is 49.6 Å². The number of hydrogen-bond donors (Lipinski definition) is 0. The van der Waals surface area contributed by atoms with Gasteiger partial charge in [0.2, 0.25) is 0 Å². The van der Waals surface area contributed by atoms with Crippen LogP contribution in [0.4, 0.5) is 0 Å². The molecule has 11 rings (SSSR count). The van der Waals surface area contributed by atoms with Crippen molar-refractivity contribution in [2.75, 3.05) is 0 Å². The summed E-state index contributed by atoms with van der Waals surface area (Å²) < 4.78 is 9.12. The third-order valence-electron chi connectivity index (χ3n) is 12.2. The molecular weight excluding hydrogens is 703 g/mol. The molecule has 7 aromatic carbocycles. The largest absolute Gasteiger partial charge is 0.456 e. The van der Waals surface area contributed by atoms with E-state index >= 15 is 0 Å². The summed E-state index contributed by atoms with van der Waals surface area (Å²) in [6, 6.07) is 49.8. The minimum Gasteiger partial charge on any atom is -0.456 e. The van der Waals surface area contributed by atoms with Crippen molar-refractivity contribution >= 4 is 64.2 Å². The van der Waals surface area contributed by atoms with E-state index in [4.69, 9.17) is 19.4 Å². The molecule has 10 aromatic rings. The highest BCUT2D eigenvalue weighted by molar-refractivity contribution is 7.25. The highest BCUT2D eigenvalue weighted by Crippen LogP contribution is 2.47. The van der Waals surface area contributed by atoms with E-state index in [9.17, 15) is 0 Å². The van der Waals surface area contributed by atoms with Gasteiger partial charge < -0.3 is 4.42 Å². The van der Waals surface area contributed by atoms with E-state index in [1.54, 1.807) is 11.3 Å². The Bertz CT molecular complexity index is 3220. The van der Waals surface area contributed by atoms with Gasteiger partial charge in [-0.15, -0.1) is 11.3 Å². The van der Waals surface area contributed by atoms with Gasteiger partial charge in [-0.05, 0) is 93.1 Å². The van der Waals surface area contributed by atoms with Crippen molar-refractivity contribution in [2.24, 2.45) is 0 Å². The van der Waals surface area contributed by atoms with Crippen LogP contribution in [0.25, 0.3) is 98.2 Å². The summed E-state index contributed by atoms with van der Waals surface area (Å²) >= 11 is 1.80. The molecule has 0 radical (unpaired) electrons. The first-order valence-corrected chi connectivity index (χ1v) is 20.3. The van der Waals surface area contributed by atoms with Crippen molar-refractivity contribution in [3.63, 3.8) is 0 Å². The van der Waals surface area contributed by atoms with Crippen molar-refractivity contribution < 1.29 is 4.42 Å². The molecule has 0 saturated heterocycles. The van der Waals surface area contributed by atoms with Crippen LogP contribution in [0.15, 0.2) is 144 Å². The second kappa shape index (κ2) is 12.2. The lowest BCUT2D eigenvalue weighted by Crippen LogP contribution is -2.33. The van der Waals surface area contributed by atoms with E-state index in [0.29, 0.717) is 17.5 Å². The Morgan fingerprint density at radius 2 is 1.11 bits per heavy atom. The lowest BCUT2D eigenvalue weighted by Gasteiger charge is -2.42. The third kappa shape index (κ3) is 5.21. The third-order valence-corrected chi connectivity index (χ3v) is 13.3. The molecule has 0 bridgehead atoms. The molecule has 0 aliphatic heterocycles. The van der Waals surface area contributed by atoms with Gasteiger partial charge in [-0.2, -0.15) is 0 Å². The van der Waals surface area contributed by atoms with Gasteiger partial charge in [-0.25, -0.2) is 15.0 Å². The molecule has 0 unspecified atom stereocenters. The van der Waals surface area contributed by atoms with E-state index in [1.807, 2.05) is 12.1 Å². The molecule has 5 heteroatoms. The van der Waals surface area contributed by atoms with Gasteiger partial charge in [0.15, 0.2) is 17.5 Å². The number of furan rings is 1. The number of benzene rings is 7. The van der Waals surface area contributed by atoms with Gasteiger partial charge in [0, 0.05) is 47.6 Å². The minimum atomic E-state index is 0.135. The first kappa shape index (κ1) is 33.2. The van der Waals surface area contributed by atoms with Gasteiger partial charge in [-0.3, -0.25) is 0 Å². The van der Waals surface area contributed by atoms with Crippen LogP contribution in [0.1, 0.15) is 51.7 Å². The molecular formula is C51H39N3OS. The van der Waals surface area contributed by atoms with Crippen LogP contribution >= 0.6 is 11.3 Å². The van der Waals surface area contributed by atoms with Gasteiger partial charge in [-0.1, -0.05) is 131 Å². The predicted octanol–water partition coefficient (Wildman–Crippen LogP) is 14.3. The van der Waals surface area contributed by atoms with Crippen LogP contribution in [0.2, 0.25) is 0 Å². The van der Waals surface area contributed by atoms with E-state index in [-0.39, 0.29) is 10.8 Å². The van der Waals surface area contributed by atoms with Crippen molar-refractivity contribution in [2.45, 2.75) is 51.4 Å². The molecule has 3 aromatic heterocycles. The normalized spacial score (nSPS) is 14.9. The molecule has 1 aliphatic rings. The molecule has 0 atom stereocenters. The fourth-order valence-corrected chi connectivity index (χ4v) is 10.1. The van der Waals surface area contributed by atoms with Gasteiger partial charge in [0.05, 0.1) is 0 Å². The number of hydrogen-bond acceptors (Lipinski definition) is 5. The molecule has 3 heterocycles. The van der Waals surface area contributed by atoms with Crippen molar-refractivity contribution in [3.8, 4) is 45.3 Å². The average molecular weight is 742 g/mol. The second-order valence-corrected chi connectivity index (χ2v) is 17.7. The zero-order chi connectivity index (χ0) is 37.8. The molecule has 0 saturated carbocycles. The molecule has 0 spiro atoms. The molecule has 56 heavy (non-hydrogen) atoms. The monoisotopic (exact) mass is 741 g/mol. The number of aromatic nitrogens is 3. The minimum absolute atomic E-state index is 0.135. The Morgan fingerprint density at radius 1 is 0.464 bits per heavy atom. The van der Waals surface area contributed by atoms with Crippen molar-refractivity contribution in [3.05, 3.63) is 151 Å². The molecule has 270 valence electrons. The molecule has 4 nitrogen and oxygen atoms in total. The summed E-state index contributed by atoms with van der Waals surface area (Å²) in [7, 11) is 0. The number of fused-ring (bicyclic) bond motifs is 8. The van der Waals surface area contributed by atoms with Crippen LogP contribution in [0.3, 0.4) is 0 Å². The fraction of sp³-hybridized carbons (Fsp3) is 0.157. The number of nitrogens with zero attached hydrogens (tertiary/aromatic N) is 3. The zero-order valence-electron chi connectivity index (χ0n) is 31.9. The van der Waals surface area contributed by atoms with Gasteiger partial charge in [0.25, 0.3) is 0 Å².